The van der Waals surface area contributed by atoms with E-state index in [1.54, 1.807) is 18.2 Å². The molecule has 33 heavy (non-hydrogen) atoms. The average molecular weight is 467 g/mol. The smallest absolute Gasteiger partial charge is 0.255 e. The Morgan fingerprint density at radius 1 is 1.12 bits per heavy atom. The van der Waals surface area contributed by atoms with E-state index in [2.05, 4.69) is 25.4 Å². The predicted molar refractivity (Wildman–Crippen MR) is 128 cm³/mol. The average Bonchev–Trinajstić information content (AvgIpc) is 3.37. The van der Waals surface area contributed by atoms with Crippen LogP contribution in [0.15, 0.2) is 60.0 Å². The van der Waals surface area contributed by atoms with Gasteiger partial charge in [0.25, 0.3) is 5.91 Å². The normalized spacial score (nSPS) is 13.6. The zero-order valence-electron chi connectivity index (χ0n) is 18.4. The fourth-order valence-electron chi connectivity index (χ4n) is 3.55. The zero-order valence-corrected chi connectivity index (χ0v) is 19.2. The highest BCUT2D eigenvalue weighted by molar-refractivity contribution is 7.99. The molecule has 0 spiro atoms. The van der Waals surface area contributed by atoms with Gasteiger partial charge in [-0.2, -0.15) is 5.10 Å². The van der Waals surface area contributed by atoms with Gasteiger partial charge in [0.05, 0.1) is 12.4 Å². The van der Waals surface area contributed by atoms with E-state index in [0.29, 0.717) is 41.9 Å². The minimum absolute atomic E-state index is 0.0996. The van der Waals surface area contributed by atoms with E-state index in [4.69, 9.17) is 4.74 Å². The van der Waals surface area contributed by atoms with Crippen molar-refractivity contribution in [1.82, 2.24) is 20.1 Å². The first-order valence-electron chi connectivity index (χ1n) is 10.8. The van der Waals surface area contributed by atoms with Crippen molar-refractivity contribution < 1.29 is 14.3 Å². The molecule has 1 fully saturated rings. The maximum Gasteiger partial charge on any atom is 0.255 e. The molecule has 0 radical (unpaired) electrons. The Bertz CT molecular complexity index is 1070. The van der Waals surface area contributed by atoms with Crippen LogP contribution in [-0.4, -0.2) is 70.4 Å². The number of hydrogen-bond donors (Lipinski definition) is 2. The van der Waals surface area contributed by atoms with Crippen LogP contribution in [0.5, 0.6) is 5.75 Å². The number of rotatable bonds is 8. The van der Waals surface area contributed by atoms with Gasteiger partial charge in [-0.05, 0) is 49.4 Å². The van der Waals surface area contributed by atoms with Crippen molar-refractivity contribution in [2.24, 2.45) is 0 Å². The quantitative estimate of drug-likeness (QED) is 0.492. The van der Waals surface area contributed by atoms with E-state index in [0.717, 1.165) is 24.5 Å². The van der Waals surface area contributed by atoms with Crippen LogP contribution < -0.4 is 15.0 Å². The van der Waals surface area contributed by atoms with Gasteiger partial charge in [-0.1, -0.05) is 17.8 Å². The minimum atomic E-state index is -0.181. The number of anilines is 2. The molecule has 172 valence electrons. The van der Waals surface area contributed by atoms with Gasteiger partial charge in [0, 0.05) is 43.1 Å². The lowest BCUT2D eigenvalue weighted by Gasteiger charge is -2.36. The summed E-state index contributed by atoms with van der Waals surface area (Å²) in [6.45, 7) is 5.32. The van der Waals surface area contributed by atoms with Gasteiger partial charge in [-0.15, -0.1) is 0 Å². The Balaban J connectivity index is 1.27. The SMILES string of the molecule is CCOc1cccc(C(=O)Nc2ccc(N3CCN(C(=O)CSc4ncn[nH]4)CC3)cc2)c1. The Morgan fingerprint density at radius 3 is 2.61 bits per heavy atom. The third kappa shape index (κ3) is 6.04. The van der Waals surface area contributed by atoms with Crippen molar-refractivity contribution in [3.05, 3.63) is 60.4 Å². The van der Waals surface area contributed by atoms with Crippen LogP contribution in [0.25, 0.3) is 0 Å². The van der Waals surface area contributed by atoms with Crippen LogP contribution >= 0.6 is 11.8 Å². The monoisotopic (exact) mass is 466 g/mol. The molecule has 1 aliphatic rings. The molecular formula is C23H26N6O3S. The molecule has 10 heteroatoms. The van der Waals surface area contributed by atoms with Crippen molar-refractivity contribution in [2.45, 2.75) is 12.1 Å². The largest absolute Gasteiger partial charge is 0.494 e. The fourth-order valence-corrected chi connectivity index (χ4v) is 4.23. The number of thioether (sulfide) groups is 1. The molecule has 0 saturated carbocycles. The standard InChI is InChI=1S/C23H26N6O3S/c1-2-32-20-5-3-4-17(14-20)22(31)26-18-6-8-19(9-7-18)28-10-12-29(13-11-28)21(30)15-33-23-24-16-25-27-23/h3-9,14,16H,2,10-13,15H2,1H3,(H,26,31)(H,24,25,27). The number of hydrogen-bond acceptors (Lipinski definition) is 7. The molecule has 2 N–H and O–H groups in total. The van der Waals surface area contributed by atoms with Gasteiger partial charge in [0.1, 0.15) is 12.1 Å². The molecule has 2 aromatic carbocycles. The number of benzene rings is 2. The summed E-state index contributed by atoms with van der Waals surface area (Å²) >= 11 is 1.36. The summed E-state index contributed by atoms with van der Waals surface area (Å²) in [5.41, 5.74) is 2.34. The van der Waals surface area contributed by atoms with Crippen LogP contribution in [0.1, 0.15) is 17.3 Å². The van der Waals surface area contributed by atoms with E-state index in [9.17, 15) is 9.59 Å². The van der Waals surface area contributed by atoms with E-state index in [1.165, 1.54) is 18.1 Å². The molecule has 4 rings (SSSR count). The maximum atomic E-state index is 12.6. The van der Waals surface area contributed by atoms with Gasteiger partial charge in [-0.25, -0.2) is 4.98 Å². The molecule has 2 amide bonds. The van der Waals surface area contributed by atoms with Gasteiger partial charge in [0.2, 0.25) is 5.91 Å². The number of aromatic nitrogens is 3. The maximum absolute atomic E-state index is 12.6. The Kier molecular flexibility index (Phi) is 7.46. The second-order valence-electron chi connectivity index (χ2n) is 7.41. The minimum Gasteiger partial charge on any atom is -0.494 e. The molecule has 0 bridgehead atoms. The van der Waals surface area contributed by atoms with Gasteiger partial charge < -0.3 is 19.9 Å². The highest BCUT2D eigenvalue weighted by atomic mass is 32.2. The van der Waals surface area contributed by atoms with E-state index >= 15 is 0 Å². The Labute approximate surface area is 196 Å². The summed E-state index contributed by atoms with van der Waals surface area (Å²) in [7, 11) is 0. The van der Waals surface area contributed by atoms with E-state index < -0.39 is 0 Å². The number of ether oxygens (including phenoxy) is 1. The molecule has 1 saturated heterocycles. The molecule has 9 nitrogen and oxygen atoms in total. The molecule has 1 aliphatic heterocycles. The number of carbonyl (C=O) groups is 2. The molecule has 2 heterocycles. The van der Waals surface area contributed by atoms with Crippen LogP contribution in [0.4, 0.5) is 11.4 Å². The summed E-state index contributed by atoms with van der Waals surface area (Å²) in [5, 5.41) is 10.1. The van der Waals surface area contributed by atoms with E-state index in [1.807, 2.05) is 42.2 Å². The lowest BCUT2D eigenvalue weighted by atomic mass is 10.2. The molecule has 1 aromatic heterocycles. The fraction of sp³-hybridized carbons (Fsp3) is 0.304. The lowest BCUT2D eigenvalue weighted by Crippen LogP contribution is -2.49. The van der Waals surface area contributed by atoms with Crippen LogP contribution in [0.3, 0.4) is 0 Å². The zero-order chi connectivity index (χ0) is 23.0. The van der Waals surface area contributed by atoms with Crippen LogP contribution in [0, 0.1) is 0 Å². The molecular weight excluding hydrogens is 440 g/mol. The van der Waals surface area contributed by atoms with Gasteiger partial charge >= 0.3 is 0 Å². The number of piperazine rings is 1. The van der Waals surface area contributed by atoms with Crippen molar-refractivity contribution in [2.75, 3.05) is 48.8 Å². The highest BCUT2D eigenvalue weighted by Gasteiger charge is 2.21. The third-order valence-electron chi connectivity index (χ3n) is 5.26. The third-order valence-corrected chi connectivity index (χ3v) is 6.12. The summed E-state index contributed by atoms with van der Waals surface area (Å²) < 4.78 is 5.46. The number of nitrogens with one attached hydrogen (secondary N) is 2. The first-order valence-corrected chi connectivity index (χ1v) is 11.8. The van der Waals surface area contributed by atoms with Gasteiger partial charge in [0.15, 0.2) is 5.16 Å². The second-order valence-corrected chi connectivity index (χ2v) is 8.37. The van der Waals surface area contributed by atoms with Crippen molar-refractivity contribution >= 4 is 35.0 Å². The number of aromatic amines is 1. The molecule has 3 aromatic rings. The Morgan fingerprint density at radius 2 is 1.91 bits per heavy atom. The number of carbonyl (C=O) groups excluding carboxylic acids is 2. The summed E-state index contributed by atoms with van der Waals surface area (Å²) in [6.07, 6.45) is 1.43. The first kappa shape index (κ1) is 22.7. The summed E-state index contributed by atoms with van der Waals surface area (Å²) in [4.78, 5) is 33.1. The first-order chi connectivity index (χ1) is 16.1. The second kappa shape index (κ2) is 10.9. The number of H-pyrrole nitrogens is 1. The molecule has 0 aliphatic carbocycles. The summed E-state index contributed by atoms with van der Waals surface area (Å²) in [5.74, 6) is 0.939. The van der Waals surface area contributed by atoms with Crippen molar-refractivity contribution in [3.8, 4) is 5.75 Å². The van der Waals surface area contributed by atoms with Crippen molar-refractivity contribution in [1.29, 1.82) is 0 Å². The van der Waals surface area contributed by atoms with Gasteiger partial charge in [-0.3, -0.25) is 14.7 Å². The predicted octanol–water partition coefficient (Wildman–Crippen LogP) is 2.90. The number of nitrogens with zero attached hydrogens (tertiary/aromatic N) is 4. The molecule has 0 unspecified atom stereocenters. The lowest BCUT2D eigenvalue weighted by molar-refractivity contribution is -0.128. The van der Waals surface area contributed by atoms with Crippen molar-refractivity contribution in [3.63, 3.8) is 0 Å². The van der Waals surface area contributed by atoms with Crippen LogP contribution in [-0.2, 0) is 4.79 Å². The number of amides is 2. The Hall–Kier alpha value is -3.53. The molecule has 0 atom stereocenters. The summed E-state index contributed by atoms with van der Waals surface area (Å²) in [6, 6.07) is 14.9. The topological polar surface area (TPSA) is 103 Å². The van der Waals surface area contributed by atoms with Crippen LogP contribution in [0.2, 0.25) is 0 Å². The van der Waals surface area contributed by atoms with E-state index in [-0.39, 0.29) is 11.8 Å². The highest BCUT2D eigenvalue weighted by Crippen LogP contribution is 2.21.